The molecule has 3 aromatic rings. The fourth-order valence-electron chi connectivity index (χ4n) is 4.03. The maximum atomic E-state index is 12.9. The van der Waals surface area contributed by atoms with Crippen LogP contribution in [0.25, 0.3) is 5.69 Å². The van der Waals surface area contributed by atoms with Crippen LogP contribution in [0.5, 0.6) is 0 Å². The standard InChI is InChI=1S/C25H28N4O3S/c1-17-15-28(16-18(2)32-17)24(31)20-11-9-19(10-12-20)13-26-23(30)22-14-27-25(33-3)29(22)21-7-5-4-6-8-21/h4-12,14,17-18H,13,15-16H2,1-3H3,(H,26,30). The van der Waals surface area contributed by atoms with Crippen molar-refractivity contribution in [2.75, 3.05) is 19.3 Å². The minimum absolute atomic E-state index is 0.00365. The summed E-state index contributed by atoms with van der Waals surface area (Å²) in [6, 6.07) is 17.1. The van der Waals surface area contributed by atoms with Gasteiger partial charge in [0.15, 0.2) is 5.16 Å². The number of amides is 2. The number of para-hydroxylation sites is 1. The van der Waals surface area contributed by atoms with Gasteiger partial charge in [-0.15, -0.1) is 0 Å². The SMILES string of the molecule is CSc1ncc(C(=O)NCc2ccc(C(=O)N3CC(C)OC(C)C3)cc2)n1-c1ccccc1. The smallest absolute Gasteiger partial charge is 0.270 e. The summed E-state index contributed by atoms with van der Waals surface area (Å²) in [6.45, 7) is 5.50. The van der Waals surface area contributed by atoms with E-state index in [1.165, 1.54) is 11.8 Å². The molecule has 7 nitrogen and oxygen atoms in total. The lowest BCUT2D eigenvalue weighted by molar-refractivity contribution is -0.0586. The average Bonchev–Trinajstić information content (AvgIpc) is 3.27. The Balaban J connectivity index is 1.42. The molecule has 1 saturated heterocycles. The zero-order chi connectivity index (χ0) is 23.4. The van der Waals surface area contributed by atoms with Crippen molar-refractivity contribution in [2.45, 2.75) is 37.8 Å². The van der Waals surface area contributed by atoms with E-state index in [0.29, 0.717) is 30.9 Å². The lowest BCUT2D eigenvalue weighted by atomic mass is 10.1. The molecule has 2 amide bonds. The Morgan fingerprint density at radius 1 is 1.06 bits per heavy atom. The number of ether oxygens (including phenoxy) is 1. The third-order valence-corrected chi connectivity index (χ3v) is 6.17. The van der Waals surface area contributed by atoms with Crippen LogP contribution in [0.3, 0.4) is 0 Å². The van der Waals surface area contributed by atoms with E-state index in [2.05, 4.69) is 10.3 Å². The lowest BCUT2D eigenvalue weighted by Crippen LogP contribution is -2.48. The number of nitrogens with one attached hydrogen (secondary N) is 1. The Morgan fingerprint density at radius 3 is 2.36 bits per heavy atom. The van der Waals surface area contributed by atoms with E-state index >= 15 is 0 Å². The van der Waals surface area contributed by atoms with Crippen LogP contribution in [-0.4, -0.2) is 57.8 Å². The monoisotopic (exact) mass is 464 g/mol. The van der Waals surface area contributed by atoms with Crippen LogP contribution in [0.15, 0.2) is 66.0 Å². The quantitative estimate of drug-likeness (QED) is 0.562. The molecule has 8 heteroatoms. The minimum Gasteiger partial charge on any atom is -0.372 e. The second-order valence-electron chi connectivity index (χ2n) is 8.15. The van der Waals surface area contributed by atoms with Gasteiger partial charge < -0.3 is 15.0 Å². The molecule has 2 aromatic carbocycles. The molecule has 172 valence electrons. The predicted molar refractivity (Wildman–Crippen MR) is 129 cm³/mol. The van der Waals surface area contributed by atoms with Crippen molar-refractivity contribution < 1.29 is 14.3 Å². The fraction of sp³-hybridized carbons (Fsp3) is 0.320. The summed E-state index contributed by atoms with van der Waals surface area (Å²) >= 11 is 1.49. The van der Waals surface area contributed by atoms with Gasteiger partial charge in [0, 0.05) is 30.9 Å². The van der Waals surface area contributed by atoms with Gasteiger partial charge in [0.25, 0.3) is 11.8 Å². The molecule has 33 heavy (non-hydrogen) atoms. The van der Waals surface area contributed by atoms with E-state index < -0.39 is 0 Å². The zero-order valence-corrected chi connectivity index (χ0v) is 19.8. The van der Waals surface area contributed by atoms with Gasteiger partial charge in [0.05, 0.1) is 18.4 Å². The Hall–Kier alpha value is -3.10. The molecule has 4 rings (SSSR count). The second-order valence-corrected chi connectivity index (χ2v) is 8.92. The summed E-state index contributed by atoms with van der Waals surface area (Å²) in [5, 5.41) is 3.72. The molecule has 1 N–H and O–H groups in total. The van der Waals surface area contributed by atoms with E-state index in [4.69, 9.17) is 4.74 Å². The van der Waals surface area contributed by atoms with Gasteiger partial charge in [-0.2, -0.15) is 0 Å². The molecular weight excluding hydrogens is 436 g/mol. The molecule has 1 aliphatic rings. The largest absolute Gasteiger partial charge is 0.372 e. The third-order valence-electron chi connectivity index (χ3n) is 5.52. The van der Waals surface area contributed by atoms with Crippen LogP contribution >= 0.6 is 11.8 Å². The van der Waals surface area contributed by atoms with E-state index in [9.17, 15) is 9.59 Å². The van der Waals surface area contributed by atoms with Crippen LogP contribution in [0.4, 0.5) is 0 Å². The highest BCUT2D eigenvalue weighted by Crippen LogP contribution is 2.22. The first-order chi connectivity index (χ1) is 16.0. The Kier molecular flexibility index (Phi) is 7.15. The highest BCUT2D eigenvalue weighted by atomic mass is 32.2. The third kappa shape index (κ3) is 5.29. The maximum absolute atomic E-state index is 12.9. The second kappa shape index (κ2) is 10.2. The van der Waals surface area contributed by atoms with E-state index in [1.807, 2.05) is 84.2 Å². The number of carbonyl (C=O) groups excluding carboxylic acids is 2. The fourth-order valence-corrected chi connectivity index (χ4v) is 4.57. The number of imidazole rings is 1. The van der Waals surface area contributed by atoms with Crippen LogP contribution in [0.2, 0.25) is 0 Å². The number of morpholine rings is 1. The number of benzene rings is 2. The molecule has 2 heterocycles. The number of carbonyl (C=O) groups is 2. The molecular formula is C25H28N4O3S. The van der Waals surface area contributed by atoms with Crippen molar-refractivity contribution in [3.63, 3.8) is 0 Å². The first kappa shape index (κ1) is 23.1. The molecule has 0 spiro atoms. The van der Waals surface area contributed by atoms with E-state index in [-0.39, 0.29) is 24.0 Å². The normalized spacial score (nSPS) is 18.2. The predicted octanol–water partition coefficient (Wildman–Crippen LogP) is 3.77. The summed E-state index contributed by atoms with van der Waals surface area (Å²) in [7, 11) is 0. The van der Waals surface area contributed by atoms with Crippen molar-refractivity contribution in [3.05, 3.63) is 77.6 Å². The average molecular weight is 465 g/mol. The molecule has 2 atom stereocenters. The van der Waals surface area contributed by atoms with Crippen molar-refractivity contribution in [3.8, 4) is 5.69 Å². The van der Waals surface area contributed by atoms with Gasteiger partial charge >= 0.3 is 0 Å². The first-order valence-corrected chi connectivity index (χ1v) is 12.2. The van der Waals surface area contributed by atoms with Crippen molar-refractivity contribution in [1.29, 1.82) is 0 Å². The Bertz CT molecular complexity index is 1100. The van der Waals surface area contributed by atoms with Crippen LogP contribution in [-0.2, 0) is 11.3 Å². The maximum Gasteiger partial charge on any atom is 0.270 e. The summed E-state index contributed by atoms with van der Waals surface area (Å²) in [4.78, 5) is 32.0. The van der Waals surface area contributed by atoms with Gasteiger partial charge in [-0.05, 0) is 49.9 Å². The highest BCUT2D eigenvalue weighted by Gasteiger charge is 2.26. The number of hydrogen-bond donors (Lipinski definition) is 1. The molecule has 0 radical (unpaired) electrons. The number of thioether (sulfide) groups is 1. The molecule has 2 unspecified atom stereocenters. The Labute approximate surface area is 198 Å². The van der Waals surface area contributed by atoms with Crippen LogP contribution in [0, 0.1) is 0 Å². The summed E-state index contributed by atoms with van der Waals surface area (Å²) < 4.78 is 7.57. The first-order valence-electron chi connectivity index (χ1n) is 10.9. The number of hydrogen-bond acceptors (Lipinski definition) is 5. The van der Waals surface area contributed by atoms with E-state index in [0.717, 1.165) is 16.4 Å². The summed E-state index contributed by atoms with van der Waals surface area (Å²) in [5.74, 6) is -0.202. The lowest BCUT2D eigenvalue weighted by Gasteiger charge is -2.35. The van der Waals surface area contributed by atoms with Crippen LogP contribution < -0.4 is 5.32 Å². The topological polar surface area (TPSA) is 76.5 Å². The van der Waals surface area contributed by atoms with Gasteiger partial charge in [-0.1, -0.05) is 42.1 Å². The molecule has 0 saturated carbocycles. The molecule has 1 aromatic heterocycles. The zero-order valence-electron chi connectivity index (χ0n) is 19.0. The number of rotatable bonds is 6. The van der Waals surface area contributed by atoms with Gasteiger partial charge in [-0.3, -0.25) is 14.2 Å². The highest BCUT2D eigenvalue weighted by molar-refractivity contribution is 7.98. The summed E-state index contributed by atoms with van der Waals surface area (Å²) in [5.41, 5.74) is 2.92. The molecule has 0 bridgehead atoms. The molecule has 0 aliphatic carbocycles. The molecule has 1 fully saturated rings. The van der Waals surface area contributed by atoms with Crippen molar-refractivity contribution in [2.24, 2.45) is 0 Å². The van der Waals surface area contributed by atoms with Crippen molar-refractivity contribution >= 4 is 23.6 Å². The number of nitrogens with zero attached hydrogens (tertiary/aromatic N) is 3. The minimum atomic E-state index is -0.205. The van der Waals surface area contributed by atoms with E-state index in [1.54, 1.807) is 6.20 Å². The number of aromatic nitrogens is 2. The van der Waals surface area contributed by atoms with Gasteiger partial charge in [0.1, 0.15) is 5.69 Å². The Morgan fingerprint density at radius 2 is 1.73 bits per heavy atom. The summed E-state index contributed by atoms with van der Waals surface area (Å²) in [6.07, 6.45) is 3.59. The van der Waals surface area contributed by atoms with Crippen molar-refractivity contribution in [1.82, 2.24) is 19.8 Å². The van der Waals surface area contributed by atoms with Gasteiger partial charge in [-0.25, -0.2) is 4.98 Å². The molecule has 1 aliphatic heterocycles. The van der Waals surface area contributed by atoms with Crippen LogP contribution in [0.1, 0.15) is 40.3 Å². The van der Waals surface area contributed by atoms with Gasteiger partial charge in [0.2, 0.25) is 0 Å².